The fourth-order valence-corrected chi connectivity index (χ4v) is 4.23. The number of amides is 3. The molecule has 0 spiro atoms. The lowest BCUT2D eigenvalue weighted by Gasteiger charge is -2.18. The number of anilines is 3. The van der Waals surface area contributed by atoms with Gasteiger partial charge in [-0.05, 0) is 42.8 Å². The van der Waals surface area contributed by atoms with Gasteiger partial charge in [0.2, 0.25) is 0 Å². The van der Waals surface area contributed by atoms with Gasteiger partial charge in [-0.15, -0.1) is 0 Å². The maximum atomic E-state index is 14.2. The van der Waals surface area contributed by atoms with Crippen molar-refractivity contribution >= 4 is 40.0 Å². The maximum absolute atomic E-state index is 14.2. The highest BCUT2D eigenvalue weighted by Gasteiger charge is 2.34. The molecule has 190 valence electrons. The van der Waals surface area contributed by atoms with E-state index in [1.54, 1.807) is 51.7 Å². The van der Waals surface area contributed by atoms with Gasteiger partial charge in [0, 0.05) is 44.2 Å². The molecule has 0 saturated carbocycles. The SMILES string of the molecule is CN(C)C(=O)Nc1cncc(-c2ccc3[nH]nc(C(=O)Nc4ccc(N5CCC(C)(F)C5)nc4)c3c2)c1. The van der Waals surface area contributed by atoms with Crippen LogP contribution in [0.2, 0.25) is 0 Å². The molecule has 11 heteroatoms. The lowest BCUT2D eigenvalue weighted by molar-refractivity contribution is 0.102. The number of hydrogen-bond acceptors (Lipinski definition) is 6. The van der Waals surface area contributed by atoms with E-state index in [0.29, 0.717) is 47.6 Å². The summed E-state index contributed by atoms with van der Waals surface area (Å²) in [4.78, 5) is 37.0. The summed E-state index contributed by atoms with van der Waals surface area (Å²) in [6.07, 6.45) is 5.28. The normalized spacial score (nSPS) is 17.1. The highest BCUT2D eigenvalue weighted by Crippen LogP contribution is 2.29. The number of benzene rings is 1. The van der Waals surface area contributed by atoms with Gasteiger partial charge in [-0.25, -0.2) is 14.2 Å². The average molecular weight is 503 g/mol. The van der Waals surface area contributed by atoms with Gasteiger partial charge in [0.25, 0.3) is 5.91 Å². The van der Waals surface area contributed by atoms with Crippen molar-refractivity contribution in [2.24, 2.45) is 0 Å². The minimum Gasteiger partial charge on any atom is -0.353 e. The van der Waals surface area contributed by atoms with Crippen LogP contribution >= 0.6 is 0 Å². The van der Waals surface area contributed by atoms with Crippen LogP contribution in [0.5, 0.6) is 0 Å². The Kier molecular flexibility index (Phi) is 6.20. The third-order valence-electron chi connectivity index (χ3n) is 6.26. The number of nitrogens with one attached hydrogen (secondary N) is 3. The van der Waals surface area contributed by atoms with Crippen LogP contribution in [0.1, 0.15) is 23.8 Å². The molecule has 0 bridgehead atoms. The summed E-state index contributed by atoms with van der Waals surface area (Å²) in [6.45, 7) is 2.50. The van der Waals surface area contributed by atoms with Crippen molar-refractivity contribution in [3.8, 4) is 11.1 Å². The summed E-state index contributed by atoms with van der Waals surface area (Å²) in [5.41, 5.74) is 2.38. The second-order valence-electron chi connectivity index (χ2n) is 9.56. The van der Waals surface area contributed by atoms with E-state index >= 15 is 0 Å². The van der Waals surface area contributed by atoms with Crippen LogP contribution in [-0.4, -0.2) is 69.9 Å². The monoisotopic (exact) mass is 502 g/mol. The molecule has 1 aliphatic rings. The van der Waals surface area contributed by atoms with Crippen molar-refractivity contribution in [3.05, 3.63) is 60.7 Å². The van der Waals surface area contributed by atoms with Gasteiger partial charge >= 0.3 is 6.03 Å². The molecule has 10 nitrogen and oxygen atoms in total. The van der Waals surface area contributed by atoms with E-state index in [1.807, 2.05) is 29.2 Å². The van der Waals surface area contributed by atoms with E-state index < -0.39 is 5.67 Å². The van der Waals surface area contributed by atoms with E-state index in [0.717, 1.165) is 11.1 Å². The van der Waals surface area contributed by atoms with Gasteiger partial charge in [-0.2, -0.15) is 5.10 Å². The highest BCUT2D eigenvalue weighted by atomic mass is 19.1. The number of aromatic amines is 1. The second-order valence-corrected chi connectivity index (χ2v) is 9.56. The van der Waals surface area contributed by atoms with E-state index in [4.69, 9.17) is 0 Å². The minimum absolute atomic E-state index is 0.235. The molecular weight excluding hydrogens is 475 g/mol. The number of urea groups is 1. The Hall–Kier alpha value is -4.54. The van der Waals surface area contributed by atoms with Crippen molar-refractivity contribution in [2.75, 3.05) is 42.7 Å². The number of H-pyrrole nitrogens is 1. The maximum Gasteiger partial charge on any atom is 0.321 e. The fourth-order valence-electron chi connectivity index (χ4n) is 4.23. The smallest absolute Gasteiger partial charge is 0.321 e. The van der Waals surface area contributed by atoms with E-state index in [2.05, 4.69) is 30.8 Å². The Morgan fingerprint density at radius 2 is 1.89 bits per heavy atom. The second kappa shape index (κ2) is 9.49. The Labute approximate surface area is 212 Å². The molecule has 4 heterocycles. The molecule has 4 aromatic rings. The first kappa shape index (κ1) is 24.2. The van der Waals surface area contributed by atoms with Crippen LogP contribution in [0.4, 0.5) is 26.4 Å². The van der Waals surface area contributed by atoms with Gasteiger partial charge in [0.05, 0.1) is 35.8 Å². The molecule has 1 saturated heterocycles. The summed E-state index contributed by atoms with van der Waals surface area (Å²) in [7, 11) is 3.32. The number of carbonyl (C=O) groups excluding carboxylic acids is 2. The number of aromatic nitrogens is 4. The molecule has 37 heavy (non-hydrogen) atoms. The molecule has 1 aromatic carbocycles. The number of nitrogens with zero attached hydrogens (tertiary/aromatic N) is 5. The summed E-state index contributed by atoms with van der Waals surface area (Å²) in [6, 6.07) is 10.6. The van der Waals surface area contributed by atoms with Crippen molar-refractivity contribution in [3.63, 3.8) is 0 Å². The molecule has 1 unspecified atom stereocenters. The first-order valence-electron chi connectivity index (χ1n) is 11.8. The largest absolute Gasteiger partial charge is 0.353 e. The van der Waals surface area contributed by atoms with Gasteiger partial charge in [-0.1, -0.05) is 6.07 Å². The third-order valence-corrected chi connectivity index (χ3v) is 6.26. The van der Waals surface area contributed by atoms with Gasteiger partial charge in [0.1, 0.15) is 11.5 Å². The molecule has 5 rings (SSSR count). The van der Waals surface area contributed by atoms with Gasteiger partial charge < -0.3 is 20.4 Å². The van der Waals surface area contributed by atoms with Gasteiger partial charge in [-0.3, -0.25) is 14.9 Å². The summed E-state index contributed by atoms with van der Waals surface area (Å²) in [5, 5.41) is 13.4. The Bertz CT molecular complexity index is 1470. The van der Waals surface area contributed by atoms with Crippen molar-refractivity contribution in [1.82, 2.24) is 25.1 Å². The number of fused-ring (bicyclic) bond motifs is 1. The summed E-state index contributed by atoms with van der Waals surface area (Å²) >= 11 is 0. The fraction of sp³-hybridized carbons (Fsp3) is 0.269. The molecule has 1 atom stereocenters. The van der Waals surface area contributed by atoms with Crippen molar-refractivity contribution < 1.29 is 14.0 Å². The van der Waals surface area contributed by atoms with Crippen molar-refractivity contribution in [2.45, 2.75) is 19.0 Å². The molecular formula is C26H27FN8O2. The number of halogens is 1. The molecule has 1 aliphatic heterocycles. The van der Waals surface area contributed by atoms with E-state index in [-0.39, 0.29) is 17.6 Å². The number of hydrogen-bond donors (Lipinski definition) is 3. The zero-order valence-corrected chi connectivity index (χ0v) is 20.7. The third kappa shape index (κ3) is 5.20. The zero-order chi connectivity index (χ0) is 26.2. The van der Waals surface area contributed by atoms with Crippen LogP contribution in [0, 0.1) is 0 Å². The minimum atomic E-state index is -1.22. The van der Waals surface area contributed by atoms with E-state index in [1.165, 1.54) is 4.90 Å². The molecule has 3 N–H and O–H groups in total. The average Bonchev–Trinajstić information content (AvgIpc) is 3.47. The van der Waals surface area contributed by atoms with Crippen LogP contribution in [0.3, 0.4) is 0 Å². The van der Waals surface area contributed by atoms with Crippen molar-refractivity contribution in [1.29, 1.82) is 0 Å². The predicted molar refractivity (Wildman–Crippen MR) is 141 cm³/mol. The van der Waals surface area contributed by atoms with Crippen LogP contribution in [-0.2, 0) is 0 Å². The number of carbonyl (C=O) groups is 2. The highest BCUT2D eigenvalue weighted by molar-refractivity contribution is 6.11. The Morgan fingerprint density at radius 1 is 1.05 bits per heavy atom. The molecule has 3 aromatic heterocycles. The van der Waals surface area contributed by atoms with Gasteiger partial charge in [0.15, 0.2) is 5.69 Å². The van der Waals surface area contributed by atoms with Crippen LogP contribution < -0.4 is 15.5 Å². The van der Waals surface area contributed by atoms with E-state index in [9.17, 15) is 14.0 Å². The van der Waals surface area contributed by atoms with Crippen LogP contribution in [0.25, 0.3) is 22.0 Å². The molecule has 3 amide bonds. The quantitative estimate of drug-likeness (QED) is 0.374. The summed E-state index contributed by atoms with van der Waals surface area (Å²) < 4.78 is 14.2. The molecule has 0 aliphatic carbocycles. The number of alkyl halides is 1. The standard InChI is InChI=1S/C26H27FN8O2/c1-26(27)8-9-35(15-26)22-7-5-18(14-29-22)30-24(36)23-20-11-16(4-6-21(20)32-33-23)17-10-19(13-28-12-17)31-25(37)34(2)3/h4-7,10-14H,8-9,15H2,1-3H3,(H,30,36)(H,31,37)(H,32,33). The Morgan fingerprint density at radius 3 is 2.59 bits per heavy atom. The number of pyridine rings is 2. The predicted octanol–water partition coefficient (Wildman–Crippen LogP) is 4.30. The number of rotatable bonds is 5. The molecule has 1 fully saturated rings. The first-order valence-corrected chi connectivity index (χ1v) is 11.8. The first-order chi connectivity index (χ1) is 17.7. The lowest BCUT2D eigenvalue weighted by atomic mass is 10.0. The van der Waals surface area contributed by atoms with Crippen LogP contribution in [0.15, 0.2) is 55.0 Å². The Balaban J connectivity index is 1.34. The zero-order valence-electron chi connectivity index (χ0n) is 20.7. The topological polar surface area (TPSA) is 119 Å². The molecule has 0 radical (unpaired) electrons. The lowest BCUT2D eigenvalue weighted by Crippen LogP contribution is -2.27. The summed E-state index contributed by atoms with van der Waals surface area (Å²) in [5.74, 6) is 0.285.